The van der Waals surface area contributed by atoms with Gasteiger partial charge in [-0.3, -0.25) is 4.79 Å². The Kier molecular flexibility index (Phi) is 3.31. The SMILES string of the molecule is NC(=O)c1ccn(-c2cc(Cl)ccc2C(N)=S)n1. The largest absolute Gasteiger partial charge is 0.389 e. The highest BCUT2D eigenvalue weighted by Gasteiger charge is 2.11. The van der Waals surface area contributed by atoms with E-state index in [4.69, 9.17) is 35.3 Å². The summed E-state index contributed by atoms with van der Waals surface area (Å²) in [6.07, 6.45) is 1.59. The maximum absolute atomic E-state index is 11.0. The molecule has 7 heteroatoms. The summed E-state index contributed by atoms with van der Waals surface area (Å²) in [4.78, 5) is 11.2. The van der Waals surface area contributed by atoms with Gasteiger partial charge in [-0.1, -0.05) is 23.8 Å². The quantitative estimate of drug-likeness (QED) is 0.829. The van der Waals surface area contributed by atoms with E-state index in [1.54, 1.807) is 24.4 Å². The van der Waals surface area contributed by atoms with E-state index in [1.807, 2.05) is 0 Å². The molecule has 4 N–H and O–H groups in total. The molecule has 0 spiro atoms. The molecule has 0 fully saturated rings. The lowest BCUT2D eigenvalue weighted by Gasteiger charge is -2.08. The van der Waals surface area contributed by atoms with E-state index < -0.39 is 5.91 Å². The standard InChI is InChI=1S/C11H9ClN4OS/c12-6-1-2-7(11(14)18)9(5-6)16-4-3-8(15-16)10(13)17/h1-5H,(H2,13,17)(H2,14,18). The fourth-order valence-electron chi connectivity index (χ4n) is 1.49. The molecule has 0 aliphatic carbocycles. The molecule has 92 valence electrons. The number of rotatable bonds is 3. The molecule has 18 heavy (non-hydrogen) atoms. The second-order valence-corrected chi connectivity index (χ2v) is 4.41. The Morgan fingerprint density at radius 1 is 1.33 bits per heavy atom. The van der Waals surface area contributed by atoms with Crippen molar-refractivity contribution in [2.75, 3.05) is 0 Å². The highest BCUT2D eigenvalue weighted by Crippen LogP contribution is 2.19. The van der Waals surface area contributed by atoms with Crippen LogP contribution in [0.4, 0.5) is 0 Å². The zero-order chi connectivity index (χ0) is 13.3. The van der Waals surface area contributed by atoms with Crippen LogP contribution in [-0.2, 0) is 0 Å². The second kappa shape index (κ2) is 4.75. The minimum absolute atomic E-state index is 0.156. The third-order valence-electron chi connectivity index (χ3n) is 2.31. The molecule has 1 aromatic carbocycles. The summed E-state index contributed by atoms with van der Waals surface area (Å²) >= 11 is 10.9. The Balaban J connectivity index is 2.57. The van der Waals surface area contributed by atoms with Crippen LogP contribution in [0.5, 0.6) is 0 Å². The summed E-state index contributed by atoms with van der Waals surface area (Å²) in [6.45, 7) is 0. The Hall–Kier alpha value is -1.92. The molecule has 2 aromatic rings. The van der Waals surface area contributed by atoms with E-state index in [0.29, 0.717) is 16.3 Å². The summed E-state index contributed by atoms with van der Waals surface area (Å²) in [7, 11) is 0. The van der Waals surface area contributed by atoms with Crippen LogP contribution in [0.1, 0.15) is 16.1 Å². The minimum Gasteiger partial charge on any atom is -0.389 e. The number of thiocarbonyl (C=S) groups is 1. The van der Waals surface area contributed by atoms with Crippen molar-refractivity contribution in [3.63, 3.8) is 0 Å². The van der Waals surface area contributed by atoms with Gasteiger partial charge in [0.25, 0.3) is 5.91 Å². The van der Waals surface area contributed by atoms with Crippen molar-refractivity contribution in [1.29, 1.82) is 0 Å². The number of hydrogen-bond acceptors (Lipinski definition) is 3. The average Bonchev–Trinajstić information content (AvgIpc) is 2.77. The van der Waals surface area contributed by atoms with Gasteiger partial charge in [0.05, 0.1) is 5.69 Å². The lowest BCUT2D eigenvalue weighted by Crippen LogP contribution is -2.15. The van der Waals surface area contributed by atoms with Gasteiger partial charge in [0.1, 0.15) is 10.7 Å². The van der Waals surface area contributed by atoms with Crippen LogP contribution in [0.15, 0.2) is 30.5 Å². The van der Waals surface area contributed by atoms with Crippen molar-refractivity contribution in [1.82, 2.24) is 9.78 Å². The molecule has 5 nitrogen and oxygen atoms in total. The number of hydrogen-bond donors (Lipinski definition) is 2. The van der Waals surface area contributed by atoms with Crippen LogP contribution in [0.2, 0.25) is 5.02 Å². The van der Waals surface area contributed by atoms with E-state index in [2.05, 4.69) is 5.10 Å². The van der Waals surface area contributed by atoms with Gasteiger partial charge in [-0.2, -0.15) is 5.10 Å². The molecule has 0 atom stereocenters. The number of nitrogens with two attached hydrogens (primary N) is 2. The van der Waals surface area contributed by atoms with E-state index in [-0.39, 0.29) is 10.7 Å². The number of benzene rings is 1. The lowest BCUT2D eigenvalue weighted by molar-refractivity contribution is 0.0995. The van der Waals surface area contributed by atoms with E-state index in [1.165, 1.54) is 10.7 Å². The second-order valence-electron chi connectivity index (χ2n) is 3.54. The van der Waals surface area contributed by atoms with Crippen LogP contribution >= 0.6 is 23.8 Å². The van der Waals surface area contributed by atoms with Crippen molar-refractivity contribution in [2.45, 2.75) is 0 Å². The van der Waals surface area contributed by atoms with Gasteiger partial charge >= 0.3 is 0 Å². The highest BCUT2D eigenvalue weighted by molar-refractivity contribution is 7.80. The smallest absolute Gasteiger partial charge is 0.269 e. The molecule has 0 unspecified atom stereocenters. The molecule has 1 aromatic heterocycles. The van der Waals surface area contributed by atoms with E-state index >= 15 is 0 Å². The minimum atomic E-state index is -0.604. The third-order valence-corrected chi connectivity index (χ3v) is 2.77. The third kappa shape index (κ3) is 2.34. The van der Waals surface area contributed by atoms with Gasteiger partial charge in [-0.25, -0.2) is 4.68 Å². The van der Waals surface area contributed by atoms with Gasteiger partial charge in [0.15, 0.2) is 0 Å². The fraction of sp³-hybridized carbons (Fsp3) is 0. The molecule has 0 saturated carbocycles. The molecule has 2 rings (SSSR count). The first-order chi connectivity index (χ1) is 8.49. The van der Waals surface area contributed by atoms with Gasteiger partial charge in [0, 0.05) is 16.8 Å². The van der Waals surface area contributed by atoms with Gasteiger partial charge in [0.2, 0.25) is 0 Å². The number of amides is 1. The first-order valence-electron chi connectivity index (χ1n) is 4.94. The monoisotopic (exact) mass is 280 g/mol. The Morgan fingerprint density at radius 3 is 2.61 bits per heavy atom. The van der Waals surface area contributed by atoms with Gasteiger partial charge in [-0.05, 0) is 24.3 Å². The van der Waals surface area contributed by atoms with Crippen molar-refractivity contribution in [2.24, 2.45) is 11.5 Å². The number of nitrogens with zero attached hydrogens (tertiary/aromatic N) is 2. The van der Waals surface area contributed by atoms with Crippen molar-refractivity contribution in [3.8, 4) is 5.69 Å². The summed E-state index contributed by atoms with van der Waals surface area (Å²) in [5.41, 5.74) is 12.1. The highest BCUT2D eigenvalue weighted by atomic mass is 35.5. The van der Waals surface area contributed by atoms with Crippen LogP contribution in [0.25, 0.3) is 5.69 Å². The molecule has 0 radical (unpaired) electrons. The average molecular weight is 281 g/mol. The normalized spacial score (nSPS) is 10.3. The zero-order valence-electron chi connectivity index (χ0n) is 9.13. The predicted molar refractivity (Wildman–Crippen MR) is 73.0 cm³/mol. The number of carbonyl (C=O) groups excluding carboxylic acids is 1. The molecule has 0 saturated heterocycles. The van der Waals surface area contributed by atoms with Crippen molar-refractivity contribution < 1.29 is 4.79 Å². The van der Waals surface area contributed by atoms with Crippen molar-refractivity contribution in [3.05, 3.63) is 46.7 Å². The van der Waals surface area contributed by atoms with Crippen LogP contribution < -0.4 is 11.5 Å². The maximum atomic E-state index is 11.0. The molecule has 0 bridgehead atoms. The van der Waals surface area contributed by atoms with Crippen LogP contribution in [0, 0.1) is 0 Å². The summed E-state index contributed by atoms with van der Waals surface area (Å²) < 4.78 is 1.46. The zero-order valence-corrected chi connectivity index (χ0v) is 10.7. The van der Waals surface area contributed by atoms with Gasteiger partial charge < -0.3 is 11.5 Å². The van der Waals surface area contributed by atoms with Crippen molar-refractivity contribution >= 4 is 34.7 Å². The summed E-state index contributed by atoms with van der Waals surface area (Å²) in [5.74, 6) is -0.604. The lowest BCUT2D eigenvalue weighted by atomic mass is 10.2. The molecular formula is C11H9ClN4OS. The Labute approximate surface area is 113 Å². The summed E-state index contributed by atoms with van der Waals surface area (Å²) in [6, 6.07) is 6.55. The number of halogens is 1. The van der Waals surface area contributed by atoms with Crippen LogP contribution in [0.3, 0.4) is 0 Å². The van der Waals surface area contributed by atoms with E-state index in [0.717, 1.165) is 0 Å². The van der Waals surface area contributed by atoms with E-state index in [9.17, 15) is 4.79 Å². The molecule has 0 aliphatic rings. The maximum Gasteiger partial charge on any atom is 0.269 e. The predicted octanol–water partition coefficient (Wildman–Crippen LogP) is 1.26. The Morgan fingerprint density at radius 2 is 2.06 bits per heavy atom. The molecular weight excluding hydrogens is 272 g/mol. The summed E-state index contributed by atoms with van der Waals surface area (Å²) in [5, 5.41) is 4.55. The Bertz CT molecular complexity index is 638. The molecule has 1 heterocycles. The first-order valence-corrected chi connectivity index (χ1v) is 5.73. The topological polar surface area (TPSA) is 86.9 Å². The first kappa shape index (κ1) is 12.5. The molecule has 0 aliphatic heterocycles. The fourth-order valence-corrected chi connectivity index (χ4v) is 1.83. The molecule has 1 amide bonds. The number of primary amides is 1. The number of aromatic nitrogens is 2. The van der Waals surface area contributed by atoms with Gasteiger partial charge in [-0.15, -0.1) is 0 Å². The number of carbonyl (C=O) groups is 1. The van der Waals surface area contributed by atoms with Crippen LogP contribution in [-0.4, -0.2) is 20.7 Å².